The lowest BCUT2D eigenvalue weighted by molar-refractivity contribution is -0.137. The number of H-pyrrole nitrogens is 1. The zero-order valence-corrected chi connectivity index (χ0v) is 16.8. The van der Waals surface area contributed by atoms with Crippen LogP contribution in [0.2, 0.25) is 0 Å². The Hall–Kier alpha value is -2.62. The lowest BCUT2D eigenvalue weighted by atomic mass is 9.90. The molecule has 31 heavy (non-hydrogen) atoms. The van der Waals surface area contributed by atoms with Crippen molar-refractivity contribution in [1.29, 1.82) is 0 Å². The third kappa shape index (κ3) is 4.53. The summed E-state index contributed by atoms with van der Waals surface area (Å²) in [6.45, 7) is 1.52. The molecule has 166 valence electrons. The maximum atomic E-state index is 14.4. The van der Waals surface area contributed by atoms with E-state index in [0.717, 1.165) is 12.5 Å². The fourth-order valence-corrected chi connectivity index (χ4v) is 4.18. The first-order valence-electron chi connectivity index (χ1n) is 10.2. The summed E-state index contributed by atoms with van der Waals surface area (Å²) >= 11 is 0. The highest BCUT2D eigenvalue weighted by atomic mass is 19.4. The van der Waals surface area contributed by atoms with Crippen LogP contribution in [0.15, 0.2) is 30.5 Å². The van der Waals surface area contributed by atoms with Crippen molar-refractivity contribution in [2.24, 2.45) is 0 Å². The molecule has 1 unspecified atom stereocenters. The second-order valence-corrected chi connectivity index (χ2v) is 7.96. The molecule has 0 saturated carbocycles. The fourth-order valence-electron chi connectivity index (χ4n) is 4.18. The molecule has 0 aromatic carbocycles. The van der Waals surface area contributed by atoms with E-state index in [1.807, 2.05) is 6.92 Å². The van der Waals surface area contributed by atoms with Gasteiger partial charge in [-0.05, 0) is 37.1 Å². The Morgan fingerprint density at radius 1 is 1.16 bits per heavy atom. The van der Waals surface area contributed by atoms with E-state index in [1.165, 1.54) is 12.3 Å². The maximum absolute atomic E-state index is 14.4. The van der Waals surface area contributed by atoms with Crippen LogP contribution >= 0.6 is 0 Å². The highest BCUT2D eigenvalue weighted by Crippen LogP contribution is 2.41. The number of rotatable bonds is 4. The van der Waals surface area contributed by atoms with Gasteiger partial charge in [0.25, 0.3) is 5.92 Å². The van der Waals surface area contributed by atoms with E-state index >= 15 is 0 Å². The SMILES string of the molecule is CCC[C@H]1CC(c2ccc(C(F)(F)F)c(-c3n[nH]c4ncccc34)n2)CC(F)(F)CN1. The normalized spacial score (nSPS) is 21.9. The van der Waals surface area contributed by atoms with E-state index in [0.29, 0.717) is 23.9 Å². The highest BCUT2D eigenvalue weighted by molar-refractivity contribution is 5.90. The topological polar surface area (TPSA) is 66.5 Å². The number of hydrogen-bond donors (Lipinski definition) is 2. The van der Waals surface area contributed by atoms with Gasteiger partial charge in [0.2, 0.25) is 0 Å². The summed E-state index contributed by atoms with van der Waals surface area (Å²) in [5.74, 6) is -3.65. The Bertz CT molecular complexity index is 1060. The second-order valence-electron chi connectivity index (χ2n) is 7.96. The molecule has 0 amide bonds. The van der Waals surface area contributed by atoms with Crippen LogP contribution < -0.4 is 5.32 Å². The predicted molar refractivity (Wildman–Crippen MR) is 106 cm³/mol. The van der Waals surface area contributed by atoms with E-state index in [9.17, 15) is 22.0 Å². The summed E-state index contributed by atoms with van der Waals surface area (Å²) in [4.78, 5) is 8.32. The molecule has 3 aromatic rings. The van der Waals surface area contributed by atoms with Crippen LogP contribution in [0.1, 0.15) is 49.8 Å². The Labute approximate surface area is 175 Å². The van der Waals surface area contributed by atoms with E-state index in [1.54, 1.807) is 12.1 Å². The molecule has 1 aliphatic rings. The minimum atomic E-state index is -4.67. The first-order valence-corrected chi connectivity index (χ1v) is 10.2. The third-order valence-corrected chi connectivity index (χ3v) is 5.60. The molecule has 0 aliphatic carbocycles. The molecule has 2 N–H and O–H groups in total. The number of alkyl halides is 5. The Kier molecular flexibility index (Phi) is 5.67. The molecule has 0 radical (unpaired) electrons. The van der Waals surface area contributed by atoms with Crippen LogP contribution in [-0.4, -0.2) is 38.7 Å². The summed E-state index contributed by atoms with van der Waals surface area (Å²) in [7, 11) is 0. The fraction of sp³-hybridized carbons (Fsp3) is 0.476. The van der Waals surface area contributed by atoms with Gasteiger partial charge >= 0.3 is 6.18 Å². The lowest BCUT2D eigenvalue weighted by Gasteiger charge is -2.21. The Balaban J connectivity index is 1.82. The molecule has 2 atom stereocenters. The summed E-state index contributed by atoms with van der Waals surface area (Å²) in [5, 5.41) is 9.89. The van der Waals surface area contributed by atoms with Crippen molar-refractivity contribution in [2.45, 2.75) is 56.7 Å². The first-order chi connectivity index (χ1) is 14.7. The van der Waals surface area contributed by atoms with Gasteiger partial charge in [-0.1, -0.05) is 13.3 Å². The predicted octanol–water partition coefficient (Wildman–Crippen LogP) is 5.31. The molecule has 5 nitrogen and oxygen atoms in total. The minimum absolute atomic E-state index is 0.000824. The molecule has 1 saturated heterocycles. The number of fused-ring (bicyclic) bond motifs is 1. The second kappa shape index (κ2) is 8.14. The number of pyridine rings is 2. The Morgan fingerprint density at radius 3 is 2.71 bits per heavy atom. The molecule has 3 aromatic heterocycles. The van der Waals surface area contributed by atoms with Gasteiger partial charge in [-0.25, -0.2) is 13.8 Å². The van der Waals surface area contributed by atoms with Gasteiger partial charge in [-0.2, -0.15) is 18.3 Å². The van der Waals surface area contributed by atoms with Crippen molar-refractivity contribution in [3.8, 4) is 11.4 Å². The summed E-state index contributed by atoms with van der Waals surface area (Å²) < 4.78 is 70.0. The molecule has 0 spiro atoms. The van der Waals surface area contributed by atoms with Crippen molar-refractivity contribution in [3.05, 3.63) is 41.7 Å². The molecule has 10 heteroatoms. The molecule has 4 heterocycles. The number of aromatic amines is 1. The van der Waals surface area contributed by atoms with Crippen LogP contribution in [0.5, 0.6) is 0 Å². The smallest absolute Gasteiger partial charge is 0.308 e. The number of hydrogen-bond acceptors (Lipinski definition) is 4. The van der Waals surface area contributed by atoms with Gasteiger partial charge in [0.05, 0.1) is 12.1 Å². The molecule has 0 bridgehead atoms. The molecular weight excluding hydrogens is 417 g/mol. The van der Waals surface area contributed by atoms with Crippen LogP contribution in [0, 0.1) is 0 Å². The van der Waals surface area contributed by atoms with Crippen LogP contribution in [0.4, 0.5) is 22.0 Å². The monoisotopic (exact) mass is 439 g/mol. The largest absolute Gasteiger partial charge is 0.418 e. The highest BCUT2D eigenvalue weighted by Gasteiger charge is 2.40. The molecule has 1 aliphatic heterocycles. The van der Waals surface area contributed by atoms with Gasteiger partial charge in [-0.3, -0.25) is 10.1 Å². The average molecular weight is 439 g/mol. The molecule has 4 rings (SSSR count). The van der Waals surface area contributed by atoms with E-state index in [-0.39, 0.29) is 23.1 Å². The van der Waals surface area contributed by atoms with Crippen LogP contribution in [0.25, 0.3) is 22.4 Å². The maximum Gasteiger partial charge on any atom is 0.418 e. The van der Waals surface area contributed by atoms with Gasteiger partial charge in [0, 0.05) is 35.7 Å². The Morgan fingerprint density at radius 2 is 1.97 bits per heavy atom. The minimum Gasteiger partial charge on any atom is -0.308 e. The van der Waals surface area contributed by atoms with E-state index in [4.69, 9.17) is 0 Å². The van der Waals surface area contributed by atoms with Crippen molar-refractivity contribution in [2.75, 3.05) is 6.54 Å². The number of halogens is 5. The number of aromatic nitrogens is 4. The summed E-state index contributed by atoms with van der Waals surface area (Å²) in [5.41, 5.74) is -0.798. The molecular formula is C21H22F5N5. The third-order valence-electron chi connectivity index (χ3n) is 5.60. The zero-order chi connectivity index (χ0) is 22.2. The number of nitrogens with one attached hydrogen (secondary N) is 2. The molecule has 1 fully saturated rings. The van der Waals surface area contributed by atoms with Gasteiger partial charge in [-0.15, -0.1) is 0 Å². The lowest BCUT2D eigenvalue weighted by Crippen LogP contribution is -2.35. The van der Waals surface area contributed by atoms with Crippen molar-refractivity contribution in [3.63, 3.8) is 0 Å². The van der Waals surface area contributed by atoms with Crippen molar-refractivity contribution in [1.82, 2.24) is 25.5 Å². The van der Waals surface area contributed by atoms with Crippen molar-refractivity contribution >= 4 is 11.0 Å². The van der Waals surface area contributed by atoms with Gasteiger partial charge < -0.3 is 5.32 Å². The van der Waals surface area contributed by atoms with Crippen molar-refractivity contribution < 1.29 is 22.0 Å². The van der Waals surface area contributed by atoms with E-state index in [2.05, 4.69) is 25.5 Å². The zero-order valence-electron chi connectivity index (χ0n) is 16.8. The summed E-state index contributed by atoms with van der Waals surface area (Å²) in [6.07, 6.45) is -1.75. The number of nitrogens with zero attached hydrogens (tertiary/aromatic N) is 3. The van der Waals surface area contributed by atoms with Gasteiger partial charge in [0.1, 0.15) is 11.4 Å². The van der Waals surface area contributed by atoms with Crippen LogP contribution in [-0.2, 0) is 6.18 Å². The first kappa shape index (κ1) is 21.6. The average Bonchev–Trinajstić information content (AvgIpc) is 3.07. The van der Waals surface area contributed by atoms with E-state index < -0.39 is 36.5 Å². The summed E-state index contributed by atoms with van der Waals surface area (Å²) in [6, 6.07) is 5.17. The quantitative estimate of drug-likeness (QED) is 0.541. The standard InChI is InChI=1S/C21H22F5N5/c1-2-4-13-9-12(10-20(22,23)11-28-13)16-7-6-15(21(24,25)26)18(29-16)17-14-5-3-8-27-19(14)31-30-17/h3,5-8,12-13,28H,2,4,9-11H2,1H3,(H,27,30,31)/t12?,13-/m0/s1. The van der Waals surface area contributed by atoms with Gasteiger partial charge in [0.15, 0.2) is 5.65 Å². The van der Waals surface area contributed by atoms with Crippen LogP contribution in [0.3, 0.4) is 0 Å².